The van der Waals surface area contributed by atoms with Crippen LogP contribution in [0.15, 0.2) is 30.3 Å². The van der Waals surface area contributed by atoms with E-state index in [0.717, 1.165) is 18.4 Å². The Hall–Kier alpha value is -1.44. The molecule has 130 valence electrons. The van der Waals surface area contributed by atoms with E-state index in [1.165, 1.54) is 16.3 Å². The molecular weight excluding hydrogens is 314 g/mol. The molecule has 1 rings (SSSR count). The van der Waals surface area contributed by atoms with Gasteiger partial charge < -0.3 is 4.90 Å². The third kappa shape index (κ3) is 6.29. The first kappa shape index (κ1) is 19.6. The largest absolute Gasteiger partial charge is 0.347 e. The van der Waals surface area contributed by atoms with E-state index in [2.05, 4.69) is 4.72 Å². The van der Waals surface area contributed by atoms with Gasteiger partial charge in [0.25, 0.3) is 10.2 Å². The summed E-state index contributed by atoms with van der Waals surface area (Å²) in [5.74, 6) is -0.263. The van der Waals surface area contributed by atoms with Crippen LogP contribution in [0.2, 0.25) is 0 Å². The number of benzene rings is 1. The van der Waals surface area contributed by atoms with E-state index in [0.29, 0.717) is 13.0 Å². The molecule has 0 radical (unpaired) electrons. The zero-order valence-corrected chi connectivity index (χ0v) is 15.1. The van der Waals surface area contributed by atoms with Crippen molar-refractivity contribution in [1.82, 2.24) is 13.9 Å². The lowest BCUT2D eigenvalue weighted by Gasteiger charge is -2.25. The highest BCUT2D eigenvalue weighted by Gasteiger charge is 2.28. The lowest BCUT2D eigenvalue weighted by molar-refractivity contribution is -0.130. The molecule has 1 atom stereocenters. The van der Waals surface area contributed by atoms with Crippen LogP contribution in [0.25, 0.3) is 0 Å². The lowest BCUT2D eigenvalue weighted by Crippen LogP contribution is -2.51. The average Bonchev–Trinajstić information content (AvgIpc) is 2.51. The first-order valence-electron chi connectivity index (χ1n) is 7.76. The summed E-state index contributed by atoms with van der Waals surface area (Å²) < 4.78 is 28.6. The maximum atomic E-state index is 12.4. The molecule has 0 bridgehead atoms. The van der Waals surface area contributed by atoms with Crippen molar-refractivity contribution in [1.29, 1.82) is 0 Å². The number of likely N-dealkylation sites (N-methyl/N-ethyl adjacent to an activating group) is 1. The van der Waals surface area contributed by atoms with Crippen molar-refractivity contribution < 1.29 is 13.2 Å². The Morgan fingerprint density at radius 1 is 1.17 bits per heavy atom. The number of nitrogens with one attached hydrogen (secondary N) is 1. The third-order valence-corrected chi connectivity index (χ3v) is 5.14. The number of hydrogen-bond donors (Lipinski definition) is 1. The molecule has 0 unspecified atom stereocenters. The second-order valence-electron chi connectivity index (χ2n) is 5.77. The second kappa shape index (κ2) is 9.00. The van der Waals surface area contributed by atoms with Crippen LogP contribution >= 0.6 is 0 Å². The molecule has 0 aliphatic carbocycles. The summed E-state index contributed by atoms with van der Waals surface area (Å²) in [6.07, 6.45) is 2.00. The van der Waals surface area contributed by atoms with Crippen molar-refractivity contribution >= 4 is 16.1 Å². The number of unbranched alkanes of at least 4 members (excludes halogenated alkanes) is 1. The van der Waals surface area contributed by atoms with Gasteiger partial charge in [0.2, 0.25) is 5.91 Å². The molecule has 0 aliphatic heterocycles. The maximum Gasteiger partial charge on any atom is 0.279 e. The van der Waals surface area contributed by atoms with E-state index in [4.69, 9.17) is 0 Å². The molecular formula is C16H27N3O3S. The van der Waals surface area contributed by atoms with Crippen molar-refractivity contribution in [2.24, 2.45) is 0 Å². The van der Waals surface area contributed by atoms with E-state index in [-0.39, 0.29) is 5.91 Å². The smallest absolute Gasteiger partial charge is 0.279 e. The van der Waals surface area contributed by atoms with Crippen molar-refractivity contribution in [2.75, 3.05) is 27.7 Å². The number of amides is 1. The third-order valence-electron chi connectivity index (χ3n) is 3.55. The Balaban J connectivity index is 2.90. The highest BCUT2D eigenvalue weighted by molar-refractivity contribution is 7.87. The molecule has 23 heavy (non-hydrogen) atoms. The van der Waals surface area contributed by atoms with Crippen molar-refractivity contribution in [3.8, 4) is 0 Å². The summed E-state index contributed by atoms with van der Waals surface area (Å²) in [7, 11) is 1.07. The van der Waals surface area contributed by atoms with Gasteiger partial charge in [-0.05, 0) is 18.4 Å². The highest BCUT2D eigenvalue weighted by Crippen LogP contribution is 2.08. The van der Waals surface area contributed by atoms with Crippen LogP contribution in [0.4, 0.5) is 0 Å². The number of hydrogen-bond acceptors (Lipinski definition) is 3. The minimum absolute atomic E-state index is 0.263. The normalized spacial score (nSPS) is 13.1. The van der Waals surface area contributed by atoms with E-state index in [1.807, 2.05) is 37.3 Å². The fourth-order valence-electron chi connectivity index (χ4n) is 2.11. The number of rotatable bonds is 9. The molecule has 0 aromatic heterocycles. The summed E-state index contributed by atoms with van der Waals surface area (Å²) in [6.45, 7) is 2.43. The van der Waals surface area contributed by atoms with E-state index < -0.39 is 16.3 Å². The van der Waals surface area contributed by atoms with Gasteiger partial charge in [-0.15, -0.1) is 0 Å². The van der Waals surface area contributed by atoms with Crippen LogP contribution in [0.3, 0.4) is 0 Å². The van der Waals surface area contributed by atoms with Crippen LogP contribution < -0.4 is 4.72 Å². The molecule has 0 spiro atoms. The van der Waals surface area contributed by atoms with Gasteiger partial charge in [0.1, 0.15) is 6.04 Å². The Bertz CT molecular complexity index is 588. The van der Waals surface area contributed by atoms with Gasteiger partial charge in [0.05, 0.1) is 0 Å². The zero-order valence-electron chi connectivity index (χ0n) is 14.3. The topological polar surface area (TPSA) is 69.7 Å². The van der Waals surface area contributed by atoms with Crippen molar-refractivity contribution in [3.63, 3.8) is 0 Å². The SMILES string of the molecule is CCCCN(C)S(=O)(=O)N[C@H](Cc1ccccc1)C(=O)N(C)C. The first-order valence-corrected chi connectivity index (χ1v) is 9.20. The summed E-state index contributed by atoms with van der Waals surface area (Å²) in [5.41, 5.74) is 0.909. The van der Waals surface area contributed by atoms with Gasteiger partial charge in [0.15, 0.2) is 0 Å². The maximum absolute atomic E-state index is 12.4. The fourth-order valence-corrected chi connectivity index (χ4v) is 3.20. The molecule has 6 nitrogen and oxygen atoms in total. The van der Waals surface area contributed by atoms with E-state index >= 15 is 0 Å². The molecule has 1 N–H and O–H groups in total. The molecule has 1 amide bonds. The lowest BCUT2D eigenvalue weighted by atomic mass is 10.1. The molecule has 1 aromatic rings. The van der Waals surface area contributed by atoms with Crippen molar-refractivity contribution in [3.05, 3.63) is 35.9 Å². The predicted octanol–water partition coefficient (Wildman–Crippen LogP) is 1.25. The second-order valence-corrected chi connectivity index (χ2v) is 7.58. The monoisotopic (exact) mass is 341 g/mol. The molecule has 1 aromatic carbocycles. The van der Waals surface area contributed by atoms with Gasteiger partial charge in [-0.3, -0.25) is 4.79 Å². The number of carbonyl (C=O) groups excluding carboxylic acids is 1. The van der Waals surface area contributed by atoms with Crippen LogP contribution in [-0.2, 0) is 21.4 Å². The Morgan fingerprint density at radius 2 is 1.78 bits per heavy atom. The minimum atomic E-state index is -3.69. The summed E-state index contributed by atoms with van der Waals surface area (Å²) in [5, 5.41) is 0. The summed E-state index contributed by atoms with van der Waals surface area (Å²) >= 11 is 0. The van der Waals surface area contributed by atoms with E-state index in [1.54, 1.807) is 14.1 Å². The molecule has 7 heteroatoms. The molecule has 0 aliphatic rings. The van der Waals surface area contributed by atoms with Crippen LogP contribution in [0, 0.1) is 0 Å². The van der Waals surface area contributed by atoms with E-state index in [9.17, 15) is 13.2 Å². The van der Waals surface area contributed by atoms with Crippen LogP contribution in [-0.4, -0.2) is 57.3 Å². The first-order chi connectivity index (χ1) is 10.8. The summed E-state index contributed by atoms with van der Waals surface area (Å²) in [6, 6.07) is 8.56. The standard InChI is InChI=1S/C16H27N3O3S/c1-5-6-12-19(4)23(21,22)17-15(16(20)18(2)3)13-14-10-8-7-9-11-14/h7-11,15,17H,5-6,12-13H2,1-4H3/t15-/m1/s1. The summed E-state index contributed by atoms with van der Waals surface area (Å²) in [4.78, 5) is 13.7. The molecule has 0 saturated heterocycles. The van der Waals surface area contributed by atoms with Gasteiger partial charge in [0, 0.05) is 27.7 Å². The highest BCUT2D eigenvalue weighted by atomic mass is 32.2. The Kier molecular flexibility index (Phi) is 7.67. The zero-order chi connectivity index (χ0) is 17.5. The van der Waals surface area contributed by atoms with Crippen molar-refractivity contribution in [2.45, 2.75) is 32.2 Å². The van der Waals surface area contributed by atoms with Crippen LogP contribution in [0.1, 0.15) is 25.3 Å². The Labute approximate surface area is 139 Å². The molecule has 0 saturated carbocycles. The number of carbonyl (C=O) groups is 1. The Morgan fingerprint density at radius 3 is 2.30 bits per heavy atom. The molecule has 0 fully saturated rings. The van der Waals surface area contributed by atoms with Gasteiger partial charge in [-0.25, -0.2) is 0 Å². The minimum Gasteiger partial charge on any atom is -0.347 e. The van der Waals surface area contributed by atoms with Crippen LogP contribution in [0.5, 0.6) is 0 Å². The average molecular weight is 341 g/mol. The van der Waals surface area contributed by atoms with Gasteiger partial charge >= 0.3 is 0 Å². The number of nitrogens with zero attached hydrogens (tertiary/aromatic N) is 2. The fraction of sp³-hybridized carbons (Fsp3) is 0.562. The van der Waals surface area contributed by atoms with Gasteiger partial charge in [-0.1, -0.05) is 43.7 Å². The van der Waals surface area contributed by atoms with Gasteiger partial charge in [-0.2, -0.15) is 17.4 Å². The predicted molar refractivity (Wildman–Crippen MR) is 92.2 cm³/mol. The molecule has 0 heterocycles. The quantitative estimate of drug-likeness (QED) is 0.735.